The van der Waals surface area contributed by atoms with E-state index in [9.17, 15) is 24.0 Å². The van der Waals surface area contributed by atoms with Gasteiger partial charge in [0, 0.05) is 11.9 Å². The van der Waals surface area contributed by atoms with E-state index in [4.69, 9.17) is 19.0 Å². The predicted octanol–water partition coefficient (Wildman–Crippen LogP) is 1.51. The number of carbonyl (C=O) groups is 5. The first-order chi connectivity index (χ1) is 21.3. The Kier molecular flexibility index (Phi) is 10.6. The number of rotatable bonds is 13. The zero-order chi connectivity index (χ0) is 31.6. The largest absolute Gasteiger partial charge is 0.457 e. The van der Waals surface area contributed by atoms with Crippen molar-refractivity contribution in [2.45, 2.75) is 12.6 Å². The summed E-state index contributed by atoms with van der Waals surface area (Å²) in [5, 5.41) is 12.7. The molecule has 0 aliphatic carbocycles. The van der Waals surface area contributed by atoms with Crippen molar-refractivity contribution in [3.63, 3.8) is 0 Å². The Morgan fingerprint density at radius 3 is 2.52 bits per heavy atom. The monoisotopic (exact) mass is 624 g/mol. The number of nitrogens with zero attached hydrogens (tertiary/aromatic N) is 4. The van der Waals surface area contributed by atoms with Gasteiger partial charge in [-0.05, 0) is 5.56 Å². The number of thiazole rings is 1. The van der Waals surface area contributed by atoms with E-state index in [1.165, 1.54) is 29.7 Å². The molecular formula is C28H28N6O9S. The van der Waals surface area contributed by atoms with Crippen molar-refractivity contribution in [2.24, 2.45) is 5.16 Å². The van der Waals surface area contributed by atoms with Gasteiger partial charge in [0.1, 0.15) is 38.7 Å². The van der Waals surface area contributed by atoms with Crippen molar-refractivity contribution in [3.05, 3.63) is 83.5 Å². The summed E-state index contributed by atoms with van der Waals surface area (Å²) in [5.41, 5.74) is 0.132. The topological polar surface area (TPSA) is 178 Å². The van der Waals surface area contributed by atoms with Crippen molar-refractivity contribution in [1.82, 2.24) is 20.3 Å². The minimum atomic E-state index is -1.14. The van der Waals surface area contributed by atoms with Gasteiger partial charge in [-0.3, -0.25) is 14.9 Å². The first-order valence-corrected chi connectivity index (χ1v) is 13.9. The van der Waals surface area contributed by atoms with Gasteiger partial charge in [0.05, 0.1) is 12.1 Å². The fourth-order valence-electron chi connectivity index (χ4n) is 4.14. The van der Waals surface area contributed by atoms with Gasteiger partial charge in [0.15, 0.2) is 16.5 Å². The number of benzene rings is 1. The summed E-state index contributed by atoms with van der Waals surface area (Å²) in [7, 11) is 1.22. The number of ether oxygens (including phenoxy) is 3. The Balaban J connectivity index is 1.49. The van der Waals surface area contributed by atoms with Crippen LogP contribution in [-0.2, 0) is 44.8 Å². The first-order valence-electron chi connectivity index (χ1n) is 13.0. The lowest BCUT2D eigenvalue weighted by molar-refractivity contribution is -0.147. The van der Waals surface area contributed by atoms with Gasteiger partial charge in [-0.25, -0.2) is 29.4 Å². The zero-order valence-electron chi connectivity index (χ0n) is 23.5. The van der Waals surface area contributed by atoms with Crippen molar-refractivity contribution < 1.29 is 43.0 Å². The molecule has 3 amide bonds. The second-order valence-electron chi connectivity index (χ2n) is 8.97. The first kappa shape index (κ1) is 31.6. The third-order valence-corrected chi connectivity index (χ3v) is 6.75. The van der Waals surface area contributed by atoms with Crippen LogP contribution in [-0.4, -0.2) is 90.0 Å². The van der Waals surface area contributed by atoms with Gasteiger partial charge in [-0.15, -0.1) is 11.3 Å². The molecule has 3 heterocycles. The molecule has 0 bridgehead atoms. The van der Waals surface area contributed by atoms with Crippen molar-refractivity contribution in [3.8, 4) is 0 Å². The number of fused-ring (bicyclic) bond motifs is 1. The molecule has 2 aliphatic rings. The quantitative estimate of drug-likeness (QED) is 0.109. The van der Waals surface area contributed by atoms with E-state index in [0.717, 1.165) is 21.9 Å². The van der Waals surface area contributed by atoms with Crippen LogP contribution in [0.4, 0.5) is 9.93 Å². The molecule has 0 radical (unpaired) electrons. The number of anilines is 1. The normalized spacial score (nSPS) is 16.2. The number of carbonyl (C=O) groups excluding carboxylic acids is 5. The van der Waals surface area contributed by atoms with E-state index in [1.54, 1.807) is 24.3 Å². The molecule has 15 nitrogen and oxygen atoms in total. The number of hydrazine groups is 1. The highest BCUT2D eigenvalue weighted by Crippen LogP contribution is 2.31. The highest BCUT2D eigenvalue weighted by Gasteiger charge is 2.50. The molecule has 0 spiro atoms. The summed E-state index contributed by atoms with van der Waals surface area (Å²) in [6.07, 6.45) is 1.96. The van der Waals surface area contributed by atoms with Gasteiger partial charge in [0.25, 0.3) is 11.8 Å². The molecule has 1 fully saturated rings. The van der Waals surface area contributed by atoms with Crippen LogP contribution in [0.1, 0.15) is 11.3 Å². The van der Waals surface area contributed by atoms with E-state index in [-0.39, 0.29) is 60.7 Å². The van der Waals surface area contributed by atoms with Crippen molar-refractivity contribution in [1.29, 1.82) is 0 Å². The van der Waals surface area contributed by atoms with Gasteiger partial charge < -0.3 is 24.4 Å². The fourth-order valence-corrected chi connectivity index (χ4v) is 4.82. The summed E-state index contributed by atoms with van der Waals surface area (Å²) in [6.45, 7) is 6.51. The van der Waals surface area contributed by atoms with E-state index in [2.05, 4.69) is 33.9 Å². The predicted molar refractivity (Wildman–Crippen MR) is 156 cm³/mol. The van der Waals surface area contributed by atoms with Crippen LogP contribution in [0, 0.1) is 0 Å². The minimum Gasteiger partial charge on any atom is -0.457 e. The molecule has 0 saturated carbocycles. The molecule has 1 unspecified atom stereocenters. The molecule has 230 valence electrons. The Morgan fingerprint density at radius 1 is 1.09 bits per heavy atom. The number of oxime groups is 1. The second-order valence-corrected chi connectivity index (χ2v) is 9.83. The molecular weight excluding hydrogens is 596 g/mol. The average molecular weight is 625 g/mol. The number of amides is 3. The third kappa shape index (κ3) is 7.34. The van der Waals surface area contributed by atoms with E-state index in [1.807, 2.05) is 6.07 Å². The maximum absolute atomic E-state index is 13.5. The van der Waals surface area contributed by atoms with Gasteiger partial charge in [-0.1, -0.05) is 60.8 Å². The highest BCUT2D eigenvalue weighted by molar-refractivity contribution is 7.14. The lowest BCUT2D eigenvalue weighted by atomic mass is 10.1. The number of esters is 2. The van der Waals surface area contributed by atoms with Crippen LogP contribution in [0.5, 0.6) is 0 Å². The molecule has 16 heteroatoms. The van der Waals surface area contributed by atoms with Crippen LogP contribution in [0.25, 0.3) is 0 Å². The molecule has 1 aromatic carbocycles. The van der Waals surface area contributed by atoms with Crippen LogP contribution >= 0.6 is 11.3 Å². The van der Waals surface area contributed by atoms with Crippen LogP contribution in [0.2, 0.25) is 0 Å². The number of aromatic nitrogens is 1. The SMILES string of the molecule is C=CCOC(=O)Nc1nc(/C(=N/OC)C(=O)NC2CN3CC(C(=O)OCc4ccccc4)=C(C(=O)OCC=C)N3C2=O)cs1. The Bertz CT molecular complexity index is 1520. The summed E-state index contributed by atoms with van der Waals surface area (Å²) in [5.74, 6) is -3.24. The molecule has 1 saturated heterocycles. The highest BCUT2D eigenvalue weighted by atomic mass is 32.1. The summed E-state index contributed by atoms with van der Waals surface area (Å²) >= 11 is 0.998. The maximum Gasteiger partial charge on any atom is 0.413 e. The molecule has 1 aromatic heterocycles. The van der Waals surface area contributed by atoms with E-state index >= 15 is 0 Å². The van der Waals surface area contributed by atoms with Crippen molar-refractivity contribution in [2.75, 3.05) is 38.7 Å². The summed E-state index contributed by atoms with van der Waals surface area (Å²) < 4.78 is 15.4. The van der Waals surface area contributed by atoms with E-state index in [0.29, 0.717) is 0 Å². The average Bonchev–Trinajstić information content (AvgIpc) is 3.72. The standard InChI is InChI=1S/C28H28N6O9S/c1-4-11-41-26(38)22-18(25(37)43-15-17-9-7-6-8-10-17)13-33-14-19(24(36)34(22)33)29-23(35)21(32-40-3)20-16-44-27(30-20)31-28(39)42-12-5-2/h4-10,16,19H,1-2,11-15H2,3H3,(H,29,35)(H,30,31,39)/b32-21-. The van der Waals surface area contributed by atoms with Gasteiger partial charge in [-0.2, -0.15) is 0 Å². The lowest BCUT2D eigenvalue weighted by Gasteiger charge is -2.20. The van der Waals surface area contributed by atoms with Crippen LogP contribution in [0.15, 0.2) is 77.4 Å². The Labute approximate surface area is 255 Å². The number of hydrogen-bond donors (Lipinski definition) is 2. The van der Waals surface area contributed by atoms with Gasteiger partial charge in [0.2, 0.25) is 0 Å². The zero-order valence-corrected chi connectivity index (χ0v) is 24.3. The Hall–Kier alpha value is -5.35. The molecule has 2 aromatic rings. The third-order valence-electron chi connectivity index (χ3n) is 6.00. The maximum atomic E-state index is 13.5. The van der Waals surface area contributed by atoms with Crippen molar-refractivity contribution >= 4 is 52.0 Å². The second kappa shape index (κ2) is 14.7. The number of nitrogens with one attached hydrogen (secondary N) is 2. The minimum absolute atomic E-state index is 0.00838. The fraction of sp³-hybridized carbons (Fsp3) is 0.250. The van der Waals surface area contributed by atoms with Gasteiger partial charge >= 0.3 is 18.0 Å². The molecule has 4 rings (SSSR count). The summed E-state index contributed by atoms with van der Waals surface area (Å²) in [4.78, 5) is 73.5. The van der Waals surface area contributed by atoms with Crippen LogP contribution < -0.4 is 10.6 Å². The van der Waals surface area contributed by atoms with E-state index < -0.39 is 35.9 Å². The molecule has 2 N–H and O–H groups in total. The molecule has 2 aliphatic heterocycles. The lowest BCUT2D eigenvalue weighted by Crippen LogP contribution is -2.46. The molecule has 1 atom stereocenters. The molecule has 44 heavy (non-hydrogen) atoms. The van der Waals surface area contributed by atoms with Crippen LogP contribution in [0.3, 0.4) is 0 Å². The number of hydrogen-bond acceptors (Lipinski definition) is 13. The smallest absolute Gasteiger partial charge is 0.413 e. The summed E-state index contributed by atoms with van der Waals surface area (Å²) in [6, 6.07) is 7.81. The Morgan fingerprint density at radius 2 is 1.82 bits per heavy atom.